The molecule has 4 rings (SSSR count). The van der Waals surface area contributed by atoms with Crippen LogP contribution in [0.3, 0.4) is 0 Å². The van der Waals surface area contributed by atoms with Gasteiger partial charge < -0.3 is 10.0 Å². The van der Waals surface area contributed by atoms with Gasteiger partial charge in [-0.2, -0.15) is 0 Å². The number of carbonyl (C=O) groups is 2. The van der Waals surface area contributed by atoms with E-state index < -0.39 is 11.5 Å². The minimum absolute atomic E-state index is 0.278. The zero-order chi connectivity index (χ0) is 19.7. The van der Waals surface area contributed by atoms with E-state index in [0.717, 1.165) is 10.0 Å². The van der Waals surface area contributed by atoms with E-state index in [2.05, 4.69) is 15.9 Å². The maximum Gasteiger partial charge on any atom is 0.264 e. The Kier molecular flexibility index (Phi) is 4.87. The largest absolute Gasteiger partial charge is 0.375 e. The number of anilines is 1. The Morgan fingerprint density at radius 3 is 2.29 bits per heavy atom. The van der Waals surface area contributed by atoms with Crippen LogP contribution in [-0.2, 0) is 16.9 Å². The third-order valence-corrected chi connectivity index (χ3v) is 5.53. The lowest BCUT2D eigenvalue weighted by molar-refractivity contribution is -0.136. The van der Waals surface area contributed by atoms with Crippen molar-refractivity contribution in [2.75, 3.05) is 4.90 Å². The SMILES string of the molecule is O=C(C[C@]1(O)C(=O)N(Cc2ccccc2)c2ccccc21)c1ccc(Br)cc1. The van der Waals surface area contributed by atoms with Gasteiger partial charge in [0.25, 0.3) is 5.91 Å². The van der Waals surface area contributed by atoms with Gasteiger partial charge in [0.2, 0.25) is 0 Å². The average molecular weight is 436 g/mol. The second-order valence-corrected chi connectivity index (χ2v) is 7.78. The van der Waals surface area contributed by atoms with Crippen molar-refractivity contribution in [3.05, 3.63) is 100 Å². The van der Waals surface area contributed by atoms with Gasteiger partial charge in [-0.15, -0.1) is 0 Å². The second-order valence-electron chi connectivity index (χ2n) is 6.86. The monoisotopic (exact) mass is 435 g/mol. The molecule has 1 aliphatic heterocycles. The third kappa shape index (κ3) is 3.28. The number of amides is 1. The number of benzene rings is 3. The number of rotatable bonds is 5. The molecule has 1 atom stereocenters. The lowest BCUT2D eigenvalue weighted by atomic mass is 9.88. The first-order chi connectivity index (χ1) is 13.5. The molecule has 0 saturated heterocycles. The Morgan fingerprint density at radius 1 is 0.929 bits per heavy atom. The van der Waals surface area contributed by atoms with Crippen LogP contribution in [0, 0.1) is 0 Å². The van der Waals surface area contributed by atoms with Gasteiger partial charge in [0.05, 0.1) is 18.7 Å². The van der Waals surface area contributed by atoms with Crippen LogP contribution in [0.1, 0.15) is 27.9 Å². The Morgan fingerprint density at radius 2 is 1.57 bits per heavy atom. The molecule has 1 heterocycles. The standard InChI is InChI=1S/C23H18BrNO3/c24-18-12-10-17(11-13-18)21(26)14-23(28)19-8-4-5-9-20(19)25(22(23)27)15-16-6-2-1-3-7-16/h1-13,28H,14-15H2/t23-/m1/s1. The number of aliphatic hydroxyl groups is 1. The molecule has 4 nitrogen and oxygen atoms in total. The fraction of sp³-hybridized carbons (Fsp3) is 0.130. The number of ketones is 1. The minimum atomic E-state index is -1.87. The van der Waals surface area contributed by atoms with E-state index in [-0.39, 0.29) is 12.2 Å². The molecule has 1 amide bonds. The summed E-state index contributed by atoms with van der Waals surface area (Å²) in [6.07, 6.45) is -0.296. The Hall–Kier alpha value is -2.76. The third-order valence-electron chi connectivity index (χ3n) is 5.01. The summed E-state index contributed by atoms with van der Waals surface area (Å²) in [4.78, 5) is 27.6. The van der Waals surface area contributed by atoms with E-state index in [9.17, 15) is 14.7 Å². The van der Waals surface area contributed by atoms with Crippen molar-refractivity contribution in [2.24, 2.45) is 0 Å². The first-order valence-corrected chi connectivity index (χ1v) is 9.75. The van der Waals surface area contributed by atoms with Gasteiger partial charge in [-0.1, -0.05) is 76.6 Å². The molecule has 0 fully saturated rings. The summed E-state index contributed by atoms with van der Waals surface area (Å²) in [7, 11) is 0. The first-order valence-electron chi connectivity index (χ1n) is 8.95. The highest BCUT2D eigenvalue weighted by Gasteiger charge is 2.50. The molecule has 1 aliphatic rings. The number of nitrogens with zero attached hydrogens (tertiary/aromatic N) is 1. The van der Waals surface area contributed by atoms with Gasteiger partial charge >= 0.3 is 0 Å². The molecular formula is C23H18BrNO3. The number of carbonyl (C=O) groups excluding carboxylic acids is 2. The molecular weight excluding hydrogens is 418 g/mol. The van der Waals surface area contributed by atoms with Gasteiger partial charge in [-0.25, -0.2) is 0 Å². The molecule has 3 aromatic rings. The molecule has 0 unspecified atom stereocenters. The van der Waals surface area contributed by atoms with E-state index in [1.165, 1.54) is 0 Å². The van der Waals surface area contributed by atoms with Gasteiger partial charge in [-0.05, 0) is 23.8 Å². The van der Waals surface area contributed by atoms with Crippen molar-refractivity contribution in [1.82, 2.24) is 0 Å². The summed E-state index contributed by atoms with van der Waals surface area (Å²) in [5, 5.41) is 11.3. The summed E-state index contributed by atoms with van der Waals surface area (Å²) in [5.41, 5.74) is 0.664. The number of hydrogen-bond acceptors (Lipinski definition) is 3. The summed E-state index contributed by atoms with van der Waals surface area (Å²) in [5.74, 6) is -0.747. The quantitative estimate of drug-likeness (QED) is 0.601. The predicted molar refractivity (Wildman–Crippen MR) is 111 cm³/mol. The van der Waals surface area contributed by atoms with Gasteiger partial charge in [0.1, 0.15) is 0 Å². The fourth-order valence-corrected chi connectivity index (χ4v) is 3.83. The molecule has 1 N–H and O–H groups in total. The molecule has 28 heavy (non-hydrogen) atoms. The van der Waals surface area contributed by atoms with Crippen LogP contribution >= 0.6 is 15.9 Å². The van der Waals surface area contributed by atoms with Crippen LogP contribution in [-0.4, -0.2) is 16.8 Å². The maximum absolute atomic E-state index is 13.2. The number of hydrogen-bond donors (Lipinski definition) is 1. The zero-order valence-corrected chi connectivity index (χ0v) is 16.6. The summed E-state index contributed by atoms with van der Waals surface area (Å²) < 4.78 is 0.860. The van der Waals surface area contributed by atoms with Crippen molar-refractivity contribution in [3.63, 3.8) is 0 Å². The molecule has 0 saturated carbocycles. The molecule has 140 valence electrons. The van der Waals surface area contributed by atoms with Crippen molar-refractivity contribution < 1.29 is 14.7 Å². The highest BCUT2D eigenvalue weighted by molar-refractivity contribution is 9.10. The lowest BCUT2D eigenvalue weighted by Gasteiger charge is -2.23. The summed E-state index contributed by atoms with van der Waals surface area (Å²) in [6.45, 7) is 0.339. The van der Waals surface area contributed by atoms with Crippen LogP contribution in [0.4, 0.5) is 5.69 Å². The topological polar surface area (TPSA) is 57.6 Å². The molecule has 0 aromatic heterocycles. The summed E-state index contributed by atoms with van der Waals surface area (Å²) in [6, 6.07) is 23.6. The molecule has 5 heteroatoms. The van der Waals surface area contributed by atoms with Crippen molar-refractivity contribution >= 4 is 33.3 Å². The fourth-order valence-electron chi connectivity index (χ4n) is 3.57. The highest BCUT2D eigenvalue weighted by Crippen LogP contribution is 2.43. The Balaban J connectivity index is 1.67. The van der Waals surface area contributed by atoms with Crippen LogP contribution in [0.25, 0.3) is 0 Å². The maximum atomic E-state index is 13.2. The van der Waals surface area contributed by atoms with E-state index in [0.29, 0.717) is 23.4 Å². The smallest absolute Gasteiger partial charge is 0.264 e. The minimum Gasteiger partial charge on any atom is -0.375 e. The van der Waals surface area contributed by atoms with E-state index in [1.54, 1.807) is 47.4 Å². The highest BCUT2D eigenvalue weighted by atomic mass is 79.9. The van der Waals surface area contributed by atoms with Crippen LogP contribution < -0.4 is 4.90 Å². The molecule has 0 spiro atoms. The average Bonchev–Trinajstić information content (AvgIpc) is 2.91. The van der Waals surface area contributed by atoms with Gasteiger partial charge in [-0.3, -0.25) is 9.59 Å². The first kappa shape index (κ1) is 18.6. The number of fused-ring (bicyclic) bond motifs is 1. The van der Waals surface area contributed by atoms with E-state index in [4.69, 9.17) is 0 Å². The lowest BCUT2D eigenvalue weighted by Crippen LogP contribution is -2.41. The van der Waals surface area contributed by atoms with Crippen molar-refractivity contribution in [2.45, 2.75) is 18.6 Å². The van der Waals surface area contributed by atoms with Crippen molar-refractivity contribution in [1.29, 1.82) is 0 Å². The zero-order valence-electron chi connectivity index (χ0n) is 15.0. The number of halogens is 1. The number of Topliss-reactive ketones (excluding diaryl/α,β-unsaturated/α-hetero) is 1. The van der Waals surface area contributed by atoms with E-state index in [1.807, 2.05) is 36.4 Å². The van der Waals surface area contributed by atoms with Crippen LogP contribution in [0.5, 0.6) is 0 Å². The predicted octanol–water partition coefficient (Wildman–Crippen LogP) is 4.46. The van der Waals surface area contributed by atoms with E-state index >= 15 is 0 Å². The molecule has 0 bridgehead atoms. The normalized spacial score (nSPS) is 18.2. The van der Waals surface area contributed by atoms with Crippen LogP contribution in [0.2, 0.25) is 0 Å². The van der Waals surface area contributed by atoms with Crippen molar-refractivity contribution in [3.8, 4) is 0 Å². The summed E-state index contributed by atoms with van der Waals surface area (Å²) >= 11 is 3.34. The number of para-hydroxylation sites is 1. The van der Waals surface area contributed by atoms with Gasteiger partial charge in [0, 0.05) is 15.6 Å². The Bertz CT molecular complexity index is 1030. The Labute approximate surface area is 171 Å². The molecule has 3 aromatic carbocycles. The van der Waals surface area contributed by atoms with Gasteiger partial charge in [0.15, 0.2) is 11.4 Å². The molecule has 0 radical (unpaired) electrons. The molecule has 0 aliphatic carbocycles. The van der Waals surface area contributed by atoms with Crippen LogP contribution in [0.15, 0.2) is 83.3 Å². The second kappa shape index (κ2) is 7.34.